The van der Waals surface area contributed by atoms with E-state index in [4.69, 9.17) is 0 Å². The summed E-state index contributed by atoms with van der Waals surface area (Å²) in [6.45, 7) is 5.97. The monoisotopic (exact) mass is 282 g/mol. The Balaban J connectivity index is 1.42. The van der Waals surface area contributed by atoms with Gasteiger partial charge in [0.1, 0.15) is 6.33 Å². The van der Waals surface area contributed by atoms with Crippen LogP contribution >= 0.6 is 0 Å². The van der Waals surface area contributed by atoms with Crippen LogP contribution in [0.25, 0.3) is 10.9 Å². The summed E-state index contributed by atoms with van der Waals surface area (Å²) in [5.41, 5.74) is 2.33. The van der Waals surface area contributed by atoms with E-state index in [9.17, 15) is 0 Å². The van der Waals surface area contributed by atoms with Crippen LogP contribution in [0.15, 0.2) is 30.7 Å². The van der Waals surface area contributed by atoms with Gasteiger partial charge in [-0.3, -0.25) is 4.90 Å². The molecule has 4 heteroatoms. The van der Waals surface area contributed by atoms with Crippen molar-refractivity contribution in [2.75, 3.05) is 37.6 Å². The largest absolute Gasteiger partial charge is 0.369 e. The molecule has 2 aromatic rings. The van der Waals surface area contributed by atoms with Crippen LogP contribution in [0.5, 0.6) is 0 Å². The summed E-state index contributed by atoms with van der Waals surface area (Å²) in [7, 11) is 0. The Labute approximate surface area is 125 Å². The molecule has 4 rings (SSSR count). The molecule has 4 nitrogen and oxygen atoms in total. The maximum Gasteiger partial charge on any atom is 0.116 e. The van der Waals surface area contributed by atoms with Crippen LogP contribution in [0.3, 0.4) is 0 Å². The number of hydrogen-bond donors (Lipinski definition) is 0. The quantitative estimate of drug-likeness (QED) is 0.866. The minimum atomic E-state index is 0.981. The molecule has 0 amide bonds. The molecule has 0 unspecified atom stereocenters. The summed E-state index contributed by atoms with van der Waals surface area (Å²) in [6.07, 6.45) is 7.86. The minimum Gasteiger partial charge on any atom is -0.369 e. The Morgan fingerprint density at radius 1 is 1.10 bits per heavy atom. The average molecular weight is 282 g/mol. The summed E-state index contributed by atoms with van der Waals surface area (Å²) in [5, 5.41) is 1.13. The molecule has 0 N–H and O–H groups in total. The van der Waals surface area contributed by atoms with Crippen LogP contribution in [0.2, 0.25) is 0 Å². The van der Waals surface area contributed by atoms with E-state index in [-0.39, 0.29) is 0 Å². The molecule has 1 aromatic carbocycles. The number of nitrogens with zero attached hydrogens (tertiary/aromatic N) is 4. The van der Waals surface area contributed by atoms with Gasteiger partial charge in [0.15, 0.2) is 0 Å². The lowest BCUT2D eigenvalue weighted by molar-refractivity contribution is 0.170. The molecule has 1 aromatic heterocycles. The lowest BCUT2D eigenvalue weighted by Gasteiger charge is -2.39. The van der Waals surface area contributed by atoms with Crippen LogP contribution < -0.4 is 4.90 Å². The topological polar surface area (TPSA) is 32.3 Å². The second-order valence-corrected chi connectivity index (χ2v) is 6.35. The first-order valence-corrected chi connectivity index (χ1v) is 8.05. The van der Waals surface area contributed by atoms with Gasteiger partial charge < -0.3 is 4.90 Å². The molecule has 1 saturated carbocycles. The zero-order valence-electron chi connectivity index (χ0n) is 12.4. The van der Waals surface area contributed by atoms with Gasteiger partial charge in [-0.2, -0.15) is 0 Å². The van der Waals surface area contributed by atoms with Gasteiger partial charge in [0.05, 0.1) is 5.52 Å². The highest BCUT2D eigenvalue weighted by atomic mass is 15.3. The molecule has 21 heavy (non-hydrogen) atoms. The number of piperazine rings is 1. The van der Waals surface area contributed by atoms with Crippen LogP contribution in [-0.4, -0.2) is 47.6 Å². The van der Waals surface area contributed by atoms with Crippen molar-refractivity contribution >= 4 is 16.6 Å². The standard InChI is InChI=1S/C17H22N4/c1-2-14(3-1)12-20-6-8-21(9-7-20)16-4-5-17-15(10-16)11-18-13-19-17/h4-5,10-11,13-14H,1-3,6-9,12H2. The van der Waals surface area contributed by atoms with Gasteiger partial charge in [-0.15, -0.1) is 0 Å². The van der Waals surface area contributed by atoms with Crippen molar-refractivity contribution in [1.82, 2.24) is 14.9 Å². The van der Waals surface area contributed by atoms with E-state index in [1.807, 2.05) is 6.20 Å². The maximum atomic E-state index is 4.29. The summed E-state index contributed by atoms with van der Waals surface area (Å²) in [5.74, 6) is 0.981. The van der Waals surface area contributed by atoms with Gasteiger partial charge in [0.2, 0.25) is 0 Å². The number of hydrogen-bond acceptors (Lipinski definition) is 4. The molecule has 110 valence electrons. The summed E-state index contributed by atoms with van der Waals surface area (Å²) < 4.78 is 0. The minimum absolute atomic E-state index is 0.981. The number of aromatic nitrogens is 2. The first-order chi connectivity index (χ1) is 10.4. The predicted octanol–water partition coefficient (Wildman–Crippen LogP) is 2.55. The highest BCUT2D eigenvalue weighted by molar-refractivity contribution is 5.81. The second kappa shape index (κ2) is 5.60. The smallest absolute Gasteiger partial charge is 0.116 e. The molecule has 0 spiro atoms. The summed E-state index contributed by atoms with van der Waals surface area (Å²) >= 11 is 0. The van der Waals surface area contributed by atoms with Crippen molar-refractivity contribution < 1.29 is 0 Å². The van der Waals surface area contributed by atoms with Gasteiger partial charge >= 0.3 is 0 Å². The van der Waals surface area contributed by atoms with E-state index >= 15 is 0 Å². The highest BCUT2D eigenvalue weighted by Crippen LogP contribution is 2.28. The van der Waals surface area contributed by atoms with Gasteiger partial charge in [0.25, 0.3) is 0 Å². The van der Waals surface area contributed by atoms with Gasteiger partial charge in [0, 0.05) is 50.0 Å². The second-order valence-electron chi connectivity index (χ2n) is 6.35. The van der Waals surface area contributed by atoms with Crippen LogP contribution in [0, 0.1) is 5.92 Å². The molecule has 2 heterocycles. The molecule has 1 aliphatic heterocycles. The third-order valence-electron chi connectivity index (χ3n) is 4.97. The fourth-order valence-corrected chi connectivity index (χ4v) is 3.40. The first-order valence-electron chi connectivity index (χ1n) is 8.05. The summed E-state index contributed by atoms with van der Waals surface area (Å²) in [4.78, 5) is 13.5. The lowest BCUT2D eigenvalue weighted by atomic mass is 9.85. The first kappa shape index (κ1) is 13.0. The molecule has 0 atom stereocenters. The number of anilines is 1. The Hall–Kier alpha value is -1.68. The molecule has 2 fully saturated rings. The molecule has 2 aliphatic rings. The third-order valence-corrected chi connectivity index (χ3v) is 4.97. The van der Waals surface area contributed by atoms with Crippen molar-refractivity contribution in [3.05, 3.63) is 30.7 Å². The Morgan fingerprint density at radius 3 is 2.71 bits per heavy atom. The number of benzene rings is 1. The van der Waals surface area contributed by atoms with E-state index < -0.39 is 0 Å². The Bertz CT molecular complexity index is 615. The van der Waals surface area contributed by atoms with Crippen molar-refractivity contribution in [3.8, 4) is 0 Å². The maximum absolute atomic E-state index is 4.29. The van der Waals surface area contributed by atoms with Gasteiger partial charge in [-0.1, -0.05) is 6.42 Å². The molecule has 1 aliphatic carbocycles. The van der Waals surface area contributed by atoms with Crippen LogP contribution in [0.4, 0.5) is 5.69 Å². The fourth-order valence-electron chi connectivity index (χ4n) is 3.40. The van der Waals surface area contributed by atoms with Crippen molar-refractivity contribution in [1.29, 1.82) is 0 Å². The number of rotatable bonds is 3. The Morgan fingerprint density at radius 2 is 1.95 bits per heavy atom. The molecule has 1 saturated heterocycles. The van der Waals surface area contributed by atoms with Crippen molar-refractivity contribution in [2.45, 2.75) is 19.3 Å². The highest BCUT2D eigenvalue weighted by Gasteiger charge is 2.23. The van der Waals surface area contributed by atoms with E-state index in [0.29, 0.717) is 0 Å². The molecular formula is C17H22N4. The number of fused-ring (bicyclic) bond motifs is 1. The fraction of sp³-hybridized carbons (Fsp3) is 0.529. The zero-order chi connectivity index (χ0) is 14.1. The molecule has 0 radical (unpaired) electrons. The van der Waals surface area contributed by atoms with Crippen molar-refractivity contribution in [2.24, 2.45) is 5.92 Å². The van der Waals surface area contributed by atoms with E-state index in [1.54, 1.807) is 6.33 Å². The van der Waals surface area contributed by atoms with Gasteiger partial charge in [-0.25, -0.2) is 9.97 Å². The predicted molar refractivity (Wildman–Crippen MR) is 85.5 cm³/mol. The Kier molecular flexibility index (Phi) is 3.47. The van der Waals surface area contributed by atoms with E-state index in [2.05, 4.69) is 38.0 Å². The van der Waals surface area contributed by atoms with Gasteiger partial charge in [-0.05, 0) is 37.0 Å². The average Bonchev–Trinajstić information content (AvgIpc) is 2.51. The lowest BCUT2D eigenvalue weighted by Crippen LogP contribution is -2.48. The molecular weight excluding hydrogens is 260 g/mol. The van der Waals surface area contributed by atoms with Crippen LogP contribution in [0.1, 0.15) is 19.3 Å². The van der Waals surface area contributed by atoms with Crippen molar-refractivity contribution in [3.63, 3.8) is 0 Å². The van der Waals surface area contributed by atoms with E-state index in [1.165, 1.54) is 44.6 Å². The normalized spacial score (nSPS) is 20.7. The van der Waals surface area contributed by atoms with Crippen LogP contribution in [-0.2, 0) is 0 Å². The molecule has 0 bridgehead atoms. The SMILES string of the molecule is c1ncc2cc(N3CCN(CC4CCC4)CC3)ccc2n1. The zero-order valence-corrected chi connectivity index (χ0v) is 12.4. The third kappa shape index (κ3) is 2.72. The summed E-state index contributed by atoms with van der Waals surface area (Å²) in [6, 6.07) is 6.51. The van der Waals surface area contributed by atoms with E-state index in [0.717, 1.165) is 29.9 Å².